The standard InChI is InChI=1S/C16H15ClN2O2S2/c1-10(2)11-3-8-14-15(9-11)22-16(18-14)19-23(20,21)13-6-4-12(17)5-7-13/h3-10H,1-2H3,(H,18,19). The number of benzene rings is 2. The number of rotatable bonds is 4. The molecule has 0 aliphatic heterocycles. The molecule has 7 heteroatoms. The first-order valence-electron chi connectivity index (χ1n) is 7.04. The number of fused-ring (bicyclic) bond motifs is 1. The molecule has 0 aliphatic carbocycles. The fourth-order valence-corrected chi connectivity index (χ4v) is 4.41. The molecule has 0 saturated heterocycles. The Morgan fingerprint density at radius 1 is 1.13 bits per heavy atom. The zero-order valence-corrected chi connectivity index (χ0v) is 15.0. The van der Waals surface area contributed by atoms with Crippen LogP contribution in [0.4, 0.5) is 5.13 Å². The Kier molecular flexibility index (Phi) is 4.31. The topological polar surface area (TPSA) is 59.1 Å². The van der Waals surface area contributed by atoms with Crippen LogP contribution in [0.3, 0.4) is 0 Å². The van der Waals surface area contributed by atoms with Crippen molar-refractivity contribution in [2.24, 2.45) is 0 Å². The molecular weight excluding hydrogens is 352 g/mol. The van der Waals surface area contributed by atoms with E-state index in [1.807, 2.05) is 12.1 Å². The van der Waals surface area contributed by atoms with E-state index in [-0.39, 0.29) is 4.90 Å². The largest absolute Gasteiger partial charge is 0.263 e. The van der Waals surface area contributed by atoms with Gasteiger partial charge in [-0.3, -0.25) is 4.72 Å². The second-order valence-electron chi connectivity index (χ2n) is 5.46. The Labute approximate surface area is 144 Å². The van der Waals surface area contributed by atoms with Crippen LogP contribution in [0.2, 0.25) is 5.02 Å². The van der Waals surface area contributed by atoms with Crippen LogP contribution in [-0.2, 0) is 10.0 Å². The fourth-order valence-electron chi connectivity index (χ4n) is 2.13. The van der Waals surface area contributed by atoms with Crippen molar-refractivity contribution >= 4 is 48.3 Å². The number of nitrogens with one attached hydrogen (secondary N) is 1. The molecule has 120 valence electrons. The summed E-state index contributed by atoms with van der Waals surface area (Å²) in [5.74, 6) is 0.413. The van der Waals surface area contributed by atoms with E-state index >= 15 is 0 Å². The van der Waals surface area contributed by atoms with Crippen LogP contribution in [0.15, 0.2) is 47.4 Å². The van der Waals surface area contributed by atoms with Crippen LogP contribution in [0.25, 0.3) is 10.2 Å². The van der Waals surface area contributed by atoms with Crippen molar-refractivity contribution in [3.8, 4) is 0 Å². The third-order valence-electron chi connectivity index (χ3n) is 3.42. The molecule has 2 aromatic carbocycles. The zero-order chi connectivity index (χ0) is 16.6. The Morgan fingerprint density at radius 2 is 1.83 bits per heavy atom. The average molecular weight is 367 g/mol. The van der Waals surface area contributed by atoms with Crippen molar-refractivity contribution < 1.29 is 8.42 Å². The second kappa shape index (κ2) is 6.11. The van der Waals surface area contributed by atoms with Gasteiger partial charge in [-0.1, -0.05) is 42.9 Å². The summed E-state index contributed by atoms with van der Waals surface area (Å²) in [6, 6.07) is 12.0. The van der Waals surface area contributed by atoms with Crippen LogP contribution in [-0.4, -0.2) is 13.4 Å². The van der Waals surface area contributed by atoms with E-state index in [9.17, 15) is 8.42 Å². The Bertz CT molecular complexity index is 948. The van der Waals surface area contributed by atoms with E-state index in [4.69, 9.17) is 11.6 Å². The molecule has 3 aromatic rings. The highest BCUT2D eigenvalue weighted by atomic mass is 35.5. The first kappa shape index (κ1) is 16.2. The Morgan fingerprint density at radius 3 is 2.48 bits per heavy atom. The molecule has 0 radical (unpaired) electrons. The minimum Gasteiger partial charge on any atom is -0.255 e. The van der Waals surface area contributed by atoms with E-state index in [0.29, 0.717) is 16.1 Å². The molecule has 0 spiro atoms. The summed E-state index contributed by atoms with van der Waals surface area (Å²) < 4.78 is 28.2. The van der Waals surface area contributed by atoms with Gasteiger partial charge in [-0.15, -0.1) is 0 Å². The molecule has 4 nitrogen and oxygen atoms in total. The first-order chi connectivity index (χ1) is 10.8. The minimum atomic E-state index is -3.66. The molecule has 0 unspecified atom stereocenters. The van der Waals surface area contributed by atoms with E-state index in [1.54, 1.807) is 12.1 Å². The summed E-state index contributed by atoms with van der Waals surface area (Å²) in [6.07, 6.45) is 0. The van der Waals surface area contributed by atoms with E-state index in [1.165, 1.54) is 29.0 Å². The molecule has 0 bridgehead atoms. The molecule has 1 heterocycles. The number of nitrogens with zero attached hydrogens (tertiary/aromatic N) is 1. The smallest absolute Gasteiger partial charge is 0.255 e. The molecule has 0 fully saturated rings. The van der Waals surface area contributed by atoms with Crippen LogP contribution >= 0.6 is 22.9 Å². The number of hydrogen-bond acceptors (Lipinski definition) is 4. The summed E-state index contributed by atoms with van der Waals surface area (Å²) in [6.45, 7) is 4.23. The monoisotopic (exact) mass is 366 g/mol. The SMILES string of the molecule is CC(C)c1ccc2nc(NS(=O)(=O)c3ccc(Cl)cc3)sc2c1. The molecule has 0 amide bonds. The number of thiazole rings is 1. The van der Waals surface area contributed by atoms with Crippen LogP contribution < -0.4 is 4.72 Å². The van der Waals surface area contributed by atoms with E-state index in [2.05, 4.69) is 29.6 Å². The van der Waals surface area contributed by atoms with Gasteiger partial charge in [0.25, 0.3) is 10.0 Å². The summed E-state index contributed by atoms with van der Waals surface area (Å²) >= 11 is 7.12. The molecular formula is C16H15ClN2O2S2. The second-order valence-corrected chi connectivity index (χ2v) is 8.61. The molecule has 1 N–H and O–H groups in total. The van der Waals surface area contributed by atoms with Gasteiger partial charge in [-0.2, -0.15) is 0 Å². The zero-order valence-electron chi connectivity index (χ0n) is 12.6. The highest BCUT2D eigenvalue weighted by Crippen LogP contribution is 2.30. The quantitative estimate of drug-likeness (QED) is 0.716. The first-order valence-corrected chi connectivity index (χ1v) is 9.72. The molecule has 1 aromatic heterocycles. The van der Waals surface area contributed by atoms with Gasteiger partial charge in [0.15, 0.2) is 5.13 Å². The third-order valence-corrected chi connectivity index (χ3v) is 6.09. The molecule has 0 saturated carbocycles. The summed E-state index contributed by atoms with van der Waals surface area (Å²) in [5.41, 5.74) is 1.99. The minimum absolute atomic E-state index is 0.157. The number of aromatic nitrogens is 1. The molecule has 23 heavy (non-hydrogen) atoms. The van der Waals surface area contributed by atoms with Crippen LogP contribution in [0.5, 0.6) is 0 Å². The average Bonchev–Trinajstić information content (AvgIpc) is 2.87. The molecule has 3 rings (SSSR count). The summed E-state index contributed by atoms with van der Waals surface area (Å²) in [5, 5.41) is 0.848. The lowest BCUT2D eigenvalue weighted by Crippen LogP contribution is -2.12. The van der Waals surface area contributed by atoms with Gasteiger partial charge in [-0.25, -0.2) is 13.4 Å². The maximum Gasteiger partial charge on any atom is 0.263 e. The van der Waals surface area contributed by atoms with Gasteiger partial charge >= 0.3 is 0 Å². The summed E-state index contributed by atoms with van der Waals surface area (Å²) in [4.78, 5) is 4.50. The number of anilines is 1. The lowest BCUT2D eigenvalue weighted by molar-refractivity contribution is 0.601. The number of sulfonamides is 1. The van der Waals surface area contributed by atoms with Crippen molar-refractivity contribution in [2.75, 3.05) is 4.72 Å². The van der Waals surface area contributed by atoms with Crippen molar-refractivity contribution in [1.82, 2.24) is 4.98 Å². The van der Waals surface area contributed by atoms with Gasteiger partial charge < -0.3 is 0 Å². The Hall–Kier alpha value is -1.63. The van der Waals surface area contributed by atoms with Gasteiger partial charge in [0.05, 0.1) is 15.1 Å². The number of hydrogen-bond donors (Lipinski definition) is 1. The molecule has 0 aliphatic rings. The van der Waals surface area contributed by atoms with Gasteiger partial charge in [-0.05, 0) is 47.9 Å². The van der Waals surface area contributed by atoms with Crippen molar-refractivity contribution in [3.05, 3.63) is 53.1 Å². The summed E-state index contributed by atoms with van der Waals surface area (Å²) in [7, 11) is -3.66. The lowest BCUT2D eigenvalue weighted by Gasteiger charge is -2.04. The predicted octanol–water partition coefficient (Wildman–Crippen LogP) is 4.87. The maximum absolute atomic E-state index is 12.4. The van der Waals surface area contributed by atoms with Crippen LogP contribution in [0.1, 0.15) is 25.3 Å². The Balaban J connectivity index is 1.93. The van der Waals surface area contributed by atoms with E-state index in [0.717, 1.165) is 10.2 Å². The van der Waals surface area contributed by atoms with Crippen molar-refractivity contribution in [1.29, 1.82) is 0 Å². The van der Waals surface area contributed by atoms with Gasteiger partial charge in [0.2, 0.25) is 0 Å². The van der Waals surface area contributed by atoms with Crippen LogP contribution in [0, 0.1) is 0 Å². The lowest BCUT2D eigenvalue weighted by atomic mass is 10.0. The van der Waals surface area contributed by atoms with Crippen molar-refractivity contribution in [3.63, 3.8) is 0 Å². The van der Waals surface area contributed by atoms with Crippen molar-refractivity contribution in [2.45, 2.75) is 24.7 Å². The normalized spacial score (nSPS) is 12.0. The third kappa shape index (κ3) is 3.49. The van der Waals surface area contributed by atoms with Gasteiger partial charge in [0, 0.05) is 5.02 Å². The number of halogens is 1. The maximum atomic E-state index is 12.4. The van der Waals surface area contributed by atoms with E-state index < -0.39 is 10.0 Å². The highest BCUT2D eigenvalue weighted by Gasteiger charge is 2.16. The molecule has 0 atom stereocenters. The highest BCUT2D eigenvalue weighted by molar-refractivity contribution is 7.93. The predicted molar refractivity (Wildman–Crippen MR) is 96.0 cm³/mol. The fraction of sp³-hybridized carbons (Fsp3) is 0.188. The van der Waals surface area contributed by atoms with Gasteiger partial charge in [0.1, 0.15) is 0 Å².